The third-order valence-corrected chi connectivity index (χ3v) is 6.62. The van der Waals surface area contributed by atoms with Gasteiger partial charge in [-0.1, -0.05) is 32.0 Å². The molecule has 0 aliphatic carbocycles. The molecule has 5 atom stereocenters. The van der Waals surface area contributed by atoms with Crippen molar-refractivity contribution < 1.29 is 29.4 Å². The van der Waals surface area contributed by atoms with Crippen LogP contribution in [0.1, 0.15) is 39.2 Å². The summed E-state index contributed by atoms with van der Waals surface area (Å²) >= 11 is 0. The van der Waals surface area contributed by atoms with Crippen LogP contribution in [-0.4, -0.2) is 80.6 Å². The summed E-state index contributed by atoms with van der Waals surface area (Å²) in [6, 6.07) is 3.24. The van der Waals surface area contributed by atoms with E-state index >= 15 is 0 Å². The predicted octanol–water partition coefficient (Wildman–Crippen LogP) is 0.120. The number of hydrogen-bond acceptors (Lipinski definition) is 6. The molecule has 1 aliphatic rings. The van der Waals surface area contributed by atoms with E-state index in [4.69, 9.17) is 5.73 Å². The minimum absolute atomic E-state index is 0.0694. The van der Waals surface area contributed by atoms with E-state index in [-0.39, 0.29) is 18.2 Å². The lowest BCUT2D eigenvalue weighted by Gasteiger charge is -2.29. The molecule has 2 aromatic rings. The summed E-state index contributed by atoms with van der Waals surface area (Å²) in [5.74, 6) is -3.08. The van der Waals surface area contributed by atoms with Gasteiger partial charge in [0.25, 0.3) is 0 Å². The number of likely N-dealkylation sites (tertiary alicyclic amines) is 1. The Morgan fingerprint density at radius 1 is 1.17 bits per heavy atom. The third kappa shape index (κ3) is 6.03. The van der Waals surface area contributed by atoms with Gasteiger partial charge in [0.1, 0.15) is 12.1 Å². The average Bonchev–Trinajstić information content (AvgIpc) is 3.48. The van der Waals surface area contributed by atoms with Gasteiger partial charge in [0.2, 0.25) is 17.7 Å². The van der Waals surface area contributed by atoms with E-state index in [1.165, 1.54) is 11.8 Å². The number of nitrogens with zero attached hydrogens (tertiary/aromatic N) is 1. The zero-order chi connectivity index (χ0) is 26.6. The van der Waals surface area contributed by atoms with Gasteiger partial charge in [-0.05, 0) is 37.3 Å². The normalized spacial score (nSPS) is 19.1. The molecule has 3 rings (SSSR count). The number of carboxylic acid groups (broad SMARTS) is 1. The van der Waals surface area contributed by atoms with Gasteiger partial charge in [-0.25, -0.2) is 4.79 Å². The highest BCUT2D eigenvalue weighted by molar-refractivity contribution is 5.95. The first kappa shape index (κ1) is 27.2. The average molecular weight is 502 g/mol. The molecule has 1 fully saturated rings. The summed E-state index contributed by atoms with van der Waals surface area (Å²) < 4.78 is 0. The fourth-order valence-electron chi connectivity index (χ4n) is 4.42. The number of carbonyl (C=O) groups excluding carboxylic acids is 3. The number of H-pyrrole nitrogens is 1. The molecule has 0 saturated carbocycles. The van der Waals surface area contributed by atoms with E-state index in [0.717, 1.165) is 16.5 Å². The number of nitrogens with one attached hydrogen (secondary N) is 3. The number of carboxylic acids is 1. The lowest BCUT2D eigenvalue weighted by Crippen LogP contribution is -2.58. The van der Waals surface area contributed by atoms with Crippen LogP contribution in [0.4, 0.5) is 0 Å². The number of amides is 3. The topological polar surface area (TPSA) is 178 Å². The van der Waals surface area contributed by atoms with Gasteiger partial charge in [0.15, 0.2) is 6.04 Å². The summed E-state index contributed by atoms with van der Waals surface area (Å²) in [6.45, 7) is 5.30. The standard InChI is InChI=1S/C25H35N5O6/c1-13(2)20(26)24(34)30-10-6-9-19(30)23(33)28-18(22(32)29-21(14(3)31)25(35)36)11-15-12-27-17-8-5-4-7-16(15)17/h4-5,7-8,12-14,18-21,27,31H,6,9-11,26H2,1-3H3,(H,28,33)(H,29,32)(H,35,36). The smallest absolute Gasteiger partial charge is 0.328 e. The number of aliphatic carboxylic acids is 1. The molecule has 1 saturated heterocycles. The lowest BCUT2D eigenvalue weighted by atomic mass is 10.0. The first-order valence-electron chi connectivity index (χ1n) is 12.1. The summed E-state index contributed by atoms with van der Waals surface area (Å²) in [6.07, 6.45) is 1.50. The molecular formula is C25H35N5O6. The molecule has 0 bridgehead atoms. The summed E-state index contributed by atoms with van der Waals surface area (Å²) in [5.41, 5.74) is 7.63. The minimum Gasteiger partial charge on any atom is -0.480 e. The SMILES string of the molecule is CC(C)C(N)C(=O)N1CCCC1C(=O)NC(Cc1c[nH]c2ccccc12)C(=O)NC(C(=O)O)C(C)O. The molecule has 0 radical (unpaired) electrons. The molecule has 7 N–H and O–H groups in total. The molecule has 36 heavy (non-hydrogen) atoms. The van der Waals surface area contributed by atoms with Crippen LogP contribution in [0, 0.1) is 5.92 Å². The first-order chi connectivity index (χ1) is 17.0. The van der Waals surface area contributed by atoms with Gasteiger partial charge in [-0.15, -0.1) is 0 Å². The number of rotatable bonds is 10. The molecule has 5 unspecified atom stereocenters. The highest BCUT2D eigenvalue weighted by atomic mass is 16.4. The quantitative estimate of drug-likeness (QED) is 0.268. The molecule has 196 valence electrons. The number of aromatic nitrogens is 1. The van der Waals surface area contributed by atoms with Crippen LogP contribution in [0.5, 0.6) is 0 Å². The minimum atomic E-state index is -1.55. The Bertz CT molecular complexity index is 1110. The number of carbonyl (C=O) groups is 4. The number of para-hydroxylation sites is 1. The van der Waals surface area contributed by atoms with Crippen molar-refractivity contribution in [3.63, 3.8) is 0 Å². The summed E-state index contributed by atoms with van der Waals surface area (Å²) in [5, 5.41) is 25.1. The maximum atomic E-state index is 13.3. The van der Waals surface area contributed by atoms with Crippen LogP contribution in [0.3, 0.4) is 0 Å². The number of aliphatic hydroxyl groups is 1. The van der Waals surface area contributed by atoms with Gasteiger partial charge in [0.05, 0.1) is 12.1 Å². The van der Waals surface area contributed by atoms with Crippen molar-refractivity contribution in [2.45, 2.75) is 70.3 Å². The van der Waals surface area contributed by atoms with E-state index in [1.54, 1.807) is 6.20 Å². The fourth-order valence-corrected chi connectivity index (χ4v) is 4.42. The Labute approximate surface area is 209 Å². The van der Waals surface area contributed by atoms with Gasteiger partial charge in [-0.2, -0.15) is 0 Å². The monoisotopic (exact) mass is 501 g/mol. The van der Waals surface area contributed by atoms with E-state index in [2.05, 4.69) is 15.6 Å². The van der Waals surface area contributed by atoms with E-state index in [1.807, 2.05) is 38.1 Å². The van der Waals surface area contributed by atoms with Crippen LogP contribution < -0.4 is 16.4 Å². The van der Waals surface area contributed by atoms with Crippen molar-refractivity contribution in [2.75, 3.05) is 6.54 Å². The zero-order valence-corrected chi connectivity index (χ0v) is 20.7. The van der Waals surface area contributed by atoms with Crippen molar-refractivity contribution in [2.24, 2.45) is 11.7 Å². The lowest BCUT2D eigenvalue weighted by molar-refractivity contribution is -0.145. The molecular weight excluding hydrogens is 466 g/mol. The maximum Gasteiger partial charge on any atom is 0.328 e. The van der Waals surface area contributed by atoms with Gasteiger partial charge in [-0.3, -0.25) is 14.4 Å². The second kappa shape index (κ2) is 11.5. The Balaban J connectivity index is 1.84. The summed E-state index contributed by atoms with van der Waals surface area (Å²) in [7, 11) is 0. The molecule has 0 spiro atoms. The largest absolute Gasteiger partial charge is 0.480 e. The van der Waals surface area contributed by atoms with Crippen LogP contribution in [-0.2, 0) is 25.6 Å². The van der Waals surface area contributed by atoms with Crippen molar-refractivity contribution in [3.05, 3.63) is 36.0 Å². The molecule has 11 heteroatoms. The Morgan fingerprint density at radius 2 is 1.86 bits per heavy atom. The van der Waals surface area contributed by atoms with Gasteiger partial charge >= 0.3 is 5.97 Å². The summed E-state index contributed by atoms with van der Waals surface area (Å²) in [4.78, 5) is 55.5. The van der Waals surface area contributed by atoms with Crippen LogP contribution in [0.15, 0.2) is 30.5 Å². The second-order valence-electron chi connectivity index (χ2n) is 9.65. The number of benzene rings is 1. The molecule has 1 aliphatic heterocycles. The second-order valence-corrected chi connectivity index (χ2v) is 9.65. The van der Waals surface area contributed by atoms with Crippen molar-refractivity contribution in [1.29, 1.82) is 0 Å². The van der Waals surface area contributed by atoms with Gasteiger partial charge < -0.3 is 36.5 Å². The molecule has 2 heterocycles. The Hall–Kier alpha value is -3.44. The molecule has 1 aromatic heterocycles. The third-order valence-electron chi connectivity index (χ3n) is 6.62. The number of aromatic amines is 1. The highest BCUT2D eigenvalue weighted by Gasteiger charge is 2.39. The number of fused-ring (bicyclic) bond motifs is 1. The molecule has 1 aromatic carbocycles. The molecule has 11 nitrogen and oxygen atoms in total. The number of aliphatic hydroxyl groups excluding tert-OH is 1. The first-order valence-corrected chi connectivity index (χ1v) is 12.1. The Morgan fingerprint density at radius 3 is 2.50 bits per heavy atom. The Kier molecular flexibility index (Phi) is 8.70. The van der Waals surface area contributed by atoms with Crippen LogP contribution in [0.25, 0.3) is 10.9 Å². The maximum absolute atomic E-state index is 13.3. The van der Waals surface area contributed by atoms with Crippen LogP contribution >= 0.6 is 0 Å². The van der Waals surface area contributed by atoms with E-state index in [9.17, 15) is 29.4 Å². The molecule has 3 amide bonds. The highest BCUT2D eigenvalue weighted by Crippen LogP contribution is 2.22. The van der Waals surface area contributed by atoms with E-state index in [0.29, 0.717) is 19.4 Å². The van der Waals surface area contributed by atoms with Crippen molar-refractivity contribution in [1.82, 2.24) is 20.5 Å². The van der Waals surface area contributed by atoms with Crippen molar-refractivity contribution >= 4 is 34.6 Å². The van der Waals surface area contributed by atoms with Crippen molar-refractivity contribution in [3.8, 4) is 0 Å². The zero-order valence-electron chi connectivity index (χ0n) is 20.7. The predicted molar refractivity (Wildman–Crippen MR) is 133 cm³/mol. The van der Waals surface area contributed by atoms with Gasteiger partial charge in [0, 0.05) is 30.1 Å². The van der Waals surface area contributed by atoms with E-state index < -0.39 is 48.1 Å². The number of nitrogens with two attached hydrogens (primary N) is 1. The van der Waals surface area contributed by atoms with Crippen LogP contribution in [0.2, 0.25) is 0 Å². The fraction of sp³-hybridized carbons (Fsp3) is 0.520. The number of hydrogen-bond donors (Lipinski definition) is 6.